The van der Waals surface area contributed by atoms with Gasteiger partial charge in [0.15, 0.2) is 22.0 Å². The van der Waals surface area contributed by atoms with E-state index in [2.05, 4.69) is 4.99 Å². The molecule has 1 aliphatic heterocycles. The van der Waals surface area contributed by atoms with Crippen molar-refractivity contribution >= 4 is 51.7 Å². The number of aromatic carboxylic acids is 1. The number of methoxy groups -OCH3 is 2. The monoisotopic (exact) mass is 752 g/mol. The first-order valence-electron chi connectivity index (χ1n) is 15.5. The highest BCUT2D eigenvalue weighted by molar-refractivity contribution is 7.07. The number of alkyl halides is 3. The van der Waals surface area contributed by atoms with Gasteiger partial charge in [-0.1, -0.05) is 65.4 Å². The number of thiazole rings is 1. The Kier molecular flexibility index (Phi) is 10.1. The van der Waals surface area contributed by atoms with Gasteiger partial charge in [-0.05, 0) is 65.2 Å². The van der Waals surface area contributed by atoms with Crippen LogP contribution in [0.2, 0.25) is 5.02 Å². The van der Waals surface area contributed by atoms with Crippen molar-refractivity contribution in [3.05, 3.63) is 131 Å². The van der Waals surface area contributed by atoms with E-state index in [0.29, 0.717) is 33.2 Å². The van der Waals surface area contributed by atoms with Gasteiger partial charge < -0.3 is 24.1 Å². The lowest BCUT2D eigenvalue weighted by atomic mass is 9.90. The lowest BCUT2D eigenvalue weighted by molar-refractivity contribution is -0.140. The summed E-state index contributed by atoms with van der Waals surface area (Å²) in [6.45, 7) is 1.19. The topological polar surface area (TPSA) is 126 Å². The SMILES string of the molecule is CCOC(=O)C1=C(C(F)(F)F)N=c2s/c(=C/c3cc(Cl)c(OCc4cccc(C(=O)O)c4)c(OC)c3)c(=O)n2[C@H]1c1c(OC)ccc2ccccc12. The Morgan fingerprint density at radius 1 is 1.02 bits per heavy atom. The largest absolute Gasteiger partial charge is 0.496 e. The van der Waals surface area contributed by atoms with Crippen LogP contribution >= 0.6 is 22.9 Å². The van der Waals surface area contributed by atoms with Crippen molar-refractivity contribution in [2.75, 3.05) is 20.8 Å². The molecule has 0 saturated heterocycles. The molecular weight excluding hydrogens is 725 g/mol. The van der Waals surface area contributed by atoms with Crippen molar-refractivity contribution in [2.45, 2.75) is 25.7 Å². The highest BCUT2D eigenvalue weighted by Crippen LogP contribution is 2.44. The average Bonchev–Trinajstić information content (AvgIpc) is 3.43. The second kappa shape index (κ2) is 14.6. The van der Waals surface area contributed by atoms with Crippen LogP contribution in [-0.4, -0.2) is 48.6 Å². The first kappa shape index (κ1) is 36.2. The van der Waals surface area contributed by atoms with Crippen LogP contribution in [0.25, 0.3) is 16.8 Å². The summed E-state index contributed by atoms with van der Waals surface area (Å²) < 4.78 is 67.5. The van der Waals surface area contributed by atoms with E-state index in [1.165, 1.54) is 51.5 Å². The van der Waals surface area contributed by atoms with Crippen molar-refractivity contribution < 1.29 is 46.8 Å². The third-order valence-corrected chi connectivity index (χ3v) is 9.39. The fraction of sp³-hybridized carbons (Fsp3) is 0.189. The normalized spacial score (nSPS) is 14.5. The van der Waals surface area contributed by atoms with Crippen LogP contribution < -0.4 is 29.1 Å². The Labute approximate surface area is 302 Å². The summed E-state index contributed by atoms with van der Waals surface area (Å²) in [5.41, 5.74) is -1.96. The van der Waals surface area contributed by atoms with E-state index in [9.17, 15) is 32.7 Å². The van der Waals surface area contributed by atoms with Gasteiger partial charge >= 0.3 is 18.1 Å². The zero-order valence-corrected chi connectivity index (χ0v) is 29.2. The van der Waals surface area contributed by atoms with Crippen molar-refractivity contribution in [3.63, 3.8) is 0 Å². The highest BCUT2D eigenvalue weighted by atomic mass is 35.5. The Morgan fingerprint density at radius 3 is 2.46 bits per heavy atom. The summed E-state index contributed by atoms with van der Waals surface area (Å²) in [7, 11) is 2.71. The predicted molar refractivity (Wildman–Crippen MR) is 187 cm³/mol. The summed E-state index contributed by atoms with van der Waals surface area (Å²) in [5, 5.41) is 10.5. The van der Waals surface area contributed by atoms with Crippen molar-refractivity contribution in [2.24, 2.45) is 4.99 Å². The fourth-order valence-corrected chi connectivity index (χ4v) is 7.19. The van der Waals surface area contributed by atoms with Gasteiger partial charge in [0, 0.05) is 5.56 Å². The summed E-state index contributed by atoms with van der Waals surface area (Å²) in [6, 6.07) is 17.6. The van der Waals surface area contributed by atoms with Crippen LogP contribution in [0.1, 0.15) is 40.0 Å². The van der Waals surface area contributed by atoms with Crippen LogP contribution in [0.15, 0.2) is 93.9 Å². The number of hydrogen-bond donors (Lipinski definition) is 1. The molecule has 0 amide bonds. The summed E-state index contributed by atoms with van der Waals surface area (Å²) in [6.07, 6.45) is -3.68. The molecule has 10 nitrogen and oxygen atoms in total. The number of hydrogen-bond acceptors (Lipinski definition) is 9. The number of carbonyl (C=O) groups excluding carboxylic acids is 1. The number of allylic oxidation sites excluding steroid dienone is 1. The van der Waals surface area contributed by atoms with Gasteiger partial charge in [0.05, 0.1) is 41.5 Å². The van der Waals surface area contributed by atoms with E-state index in [1.54, 1.807) is 48.5 Å². The first-order valence-corrected chi connectivity index (χ1v) is 16.7. The number of ether oxygens (including phenoxy) is 4. The van der Waals surface area contributed by atoms with Crippen molar-refractivity contribution in [1.82, 2.24) is 4.57 Å². The zero-order valence-electron chi connectivity index (χ0n) is 27.6. The number of halogens is 4. The number of carboxylic acid groups (broad SMARTS) is 1. The van der Waals surface area contributed by atoms with E-state index < -0.39 is 41.0 Å². The lowest BCUT2D eigenvalue weighted by Gasteiger charge is -2.28. The minimum absolute atomic E-state index is 0.0214. The molecule has 268 valence electrons. The molecule has 1 aliphatic rings. The first-order chi connectivity index (χ1) is 24.9. The van der Waals surface area contributed by atoms with Gasteiger partial charge in [-0.15, -0.1) is 0 Å². The molecule has 0 bridgehead atoms. The third-order valence-electron chi connectivity index (χ3n) is 8.13. The van der Waals surface area contributed by atoms with Crippen LogP contribution in [0.4, 0.5) is 13.2 Å². The molecule has 0 fully saturated rings. The molecule has 1 N–H and O–H groups in total. The number of esters is 1. The van der Waals surface area contributed by atoms with Crippen LogP contribution in [0, 0.1) is 0 Å². The fourth-order valence-electron chi connectivity index (χ4n) is 5.91. The second-order valence-electron chi connectivity index (χ2n) is 11.3. The van der Waals surface area contributed by atoms with Gasteiger partial charge in [0.25, 0.3) is 5.56 Å². The van der Waals surface area contributed by atoms with Gasteiger partial charge in [-0.2, -0.15) is 13.2 Å². The van der Waals surface area contributed by atoms with E-state index in [-0.39, 0.29) is 55.9 Å². The third kappa shape index (κ3) is 6.86. The smallest absolute Gasteiger partial charge is 0.434 e. The molecule has 0 aliphatic carbocycles. The highest BCUT2D eigenvalue weighted by Gasteiger charge is 2.46. The summed E-state index contributed by atoms with van der Waals surface area (Å²) in [4.78, 5) is 42.7. The minimum atomic E-state index is -5.10. The van der Waals surface area contributed by atoms with Gasteiger partial charge in [0.2, 0.25) is 0 Å². The molecule has 15 heteroatoms. The molecule has 0 spiro atoms. The van der Waals surface area contributed by atoms with Crippen molar-refractivity contribution in [3.8, 4) is 17.2 Å². The van der Waals surface area contributed by atoms with E-state index in [4.69, 9.17) is 30.5 Å². The maximum atomic E-state index is 14.8. The molecule has 6 rings (SSSR count). The molecule has 52 heavy (non-hydrogen) atoms. The second-order valence-corrected chi connectivity index (χ2v) is 12.7. The van der Waals surface area contributed by atoms with Crippen LogP contribution in [0.3, 0.4) is 0 Å². The Morgan fingerprint density at radius 2 is 1.77 bits per heavy atom. The number of carboxylic acids is 1. The van der Waals surface area contributed by atoms with Crippen LogP contribution in [0.5, 0.6) is 17.2 Å². The number of carbonyl (C=O) groups is 2. The van der Waals surface area contributed by atoms with Gasteiger partial charge in [-0.25, -0.2) is 14.6 Å². The molecule has 1 aromatic heterocycles. The maximum Gasteiger partial charge on any atom is 0.434 e. The standard InChI is InChI=1S/C37H28ClF3N2O8S/c1-4-50-35(47)29-30(28-23-11-6-5-9-21(23)12-13-25(28)48-2)43-33(44)27(52-36(43)42-32(29)37(39,40)41)17-20-15-24(38)31(26(16-20)49-3)51-18-19-8-7-10-22(14-19)34(45)46/h5-17,30H,4,18H2,1-3H3,(H,45,46)/b27-17+/t30-/m0/s1. The number of fused-ring (bicyclic) bond motifs is 2. The number of rotatable bonds is 10. The molecular formula is C37H28ClF3N2O8S. The summed E-state index contributed by atoms with van der Waals surface area (Å²) >= 11 is 7.29. The molecule has 5 aromatic rings. The molecule has 0 radical (unpaired) electrons. The van der Waals surface area contributed by atoms with Gasteiger partial charge in [0.1, 0.15) is 18.4 Å². The van der Waals surface area contributed by atoms with E-state index >= 15 is 0 Å². The van der Waals surface area contributed by atoms with E-state index in [1.807, 2.05) is 0 Å². The molecule has 0 saturated carbocycles. The van der Waals surface area contributed by atoms with Gasteiger partial charge in [-0.3, -0.25) is 9.36 Å². The predicted octanol–water partition coefficient (Wildman–Crippen LogP) is 6.44. The number of aromatic nitrogens is 1. The van der Waals surface area contributed by atoms with E-state index in [0.717, 1.165) is 4.57 Å². The Balaban J connectivity index is 1.53. The number of nitrogens with zero attached hydrogens (tertiary/aromatic N) is 2. The number of benzene rings is 4. The maximum absolute atomic E-state index is 14.8. The molecule has 0 unspecified atom stereocenters. The quantitative estimate of drug-likeness (QED) is 0.162. The summed E-state index contributed by atoms with van der Waals surface area (Å²) in [5.74, 6) is -1.93. The Bertz CT molecular complexity index is 2460. The molecule has 2 heterocycles. The lowest BCUT2D eigenvalue weighted by Crippen LogP contribution is -2.41. The Hall–Kier alpha value is -5.60. The van der Waals surface area contributed by atoms with Crippen LogP contribution in [-0.2, 0) is 16.1 Å². The zero-order chi connectivity index (χ0) is 37.3. The minimum Gasteiger partial charge on any atom is -0.496 e. The van der Waals surface area contributed by atoms with Crippen molar-refractivity contribution in [1.29, 1.82) is 0 Å². The average molecular weight is 753 g/mol. The molecule has 1 atom stereocenters. The molecule has 4 aromatic carbocycles.